The van der Waals surface area contributed by atoms with Crippen molar-refractivity contribution in [1.82, 2.24) is 9.80 Å². The van der Waals surface area contributed by atoms with Gasteiger partial charge < -0.3 is 14.4 Å². The monoisotopic (exact) mass is 607 g/mol. The van der Waals surface area contributed by atoms with Crippen LogP contribution in [0.3, 0.4) is 0 Å². The van der Waals surface area contributed by atoms with E-state index < -0.39 is 64.2 Å². The van der Waals surface area contributed by atoms with E-state index in [1.165, 1.54) is 36.2 Å². The third kappa shape index (κ3) is 6.91. The van der Waals surface area contributed by atoms with E-state index in [1.54, 1.807) is 4.90 Å². The minimum Gasteiger partial charge on any atom is -0.616 e. The number of hydrogen-bond donors (Lipinski definition) is 0. The molecule has 41 heavy (non-hydrogen) atoms. The van der Waals surface area contributed by atoms with Gasteiger partial charge in [0.2, 0.25) is 5.91 Å². The fourth-order valence-electron chi connectivity index (χ4n) is 5.32. The van der Waals surface area contributed by atoms with Crippen molar-refractivity contribution in [3.8, 4) is 0 Å². The zero-order chi connectivity index (χ0) is 30.3. The van der Waals surface area contributed by atoms with Gasteiger partial charge in [-0.05, 0) is 35.9 Å². The van der Waals surface area contributed by atoms with E-state index in [0.717, 1.165) is 7.05 Å². The molecule has 224 valence electrons. The molecule has 0 spiro atoms. The SMILES string of the molecule is CN(C(=O)N(C)[C@@H]1CN(C(=O)C2CC[S+]([O-])CC2)C[C@H]1c1ccc(F)cc1)c1cc(C(F)(F)F)cc(C(F)(F)F)c1. The zero-order valence-electron chi connectivity index (χ0n) is 22.1. The van der Waals surface area contributed by atoms with Gasteiger partial charge in [-0.2, -0.15) is 26.3 Å². The van der Waals surface area contributed by atoms with Crippen LogP contribution >= 0.6 is 0 Å². The summed E-state index contributed by atoms with van der Waals surface area (Å²) in [6, 6.07) is 4.78. The molecule has 4 rings (SSSR count). The Morgan fingerprint density at radius 2 is 1.44 bits per heavy atom. The summed E-state index contributed by atoms with van der Waals surface area (Å²) < 4.78 is 106. The van der Waals surface area contributed by atoms with E-state index in [4.69, 9.17) is 0 Å². The van der Waals surface area contributed by atoms with E-state index in [-0.39, 0.29) is 31.0 Å². The van der Waals surface area contributed by atoms with Gasteiger partial charge in [0, 0.05) is 57.5 Å². The first-order valence-corrected chi connectivity index (χ1v) is 14.2. The Morgan fingerprint density at radius 1 is 0.902 bits per heavy atom. The minimum atomic E-state index is -5.09. The second kappa shape index (κ2) is 11.7. The molecule has 2 saturated heterocycles. The second-order valence-corrected chi connectivity index (χ2v) is 12.0. The molecule has 2 aromatic rings. The van der Waals surface area contributed by atoms with Crippen molar-refractivity contribution >= 4 is 28.8 Å². The number of anilines is 1. The quantitative estimate of drug-likeness (QED) is 0.341. The smallest absolute Gasteiger partial charge is 0.416 e. The van der Waals surface area contributed by atoms with Gasteiger partial charge in [0.05, 0.1) is 17.2 Å². The summed E-state index contributed by atoms with van der Waals surface area (Å²) in [7, 11) is 2.43. The van der Waals surface area contributed by atoms with E-state index >= 15 is 0 Å². The van der Waals surface area contributed by atoms with Gasteiger partial charge in [-0.15, -0.1) is 0 Å². The number of likely N-dealkylation sites (tertiary alicyclic amines) is 1. The highest BCUT2D eigenvalue weighted by Gasteiger charge is 2.43. The van der Waals surface area contributed by atoms with Crippen LogP contribution in [-0.2, 0) is 28.3 Å². The van der Waals surface area contributed by atoms with Crippen LogP contribution in [0.15, 0.2) is 42.5 Å². The number of rotatable bonds is 4. The number of likely N-dealkylation sites (N-methyl/N-ethyl adjacent to an activating group) is 1. The zero-order valence-corrected chi connectivity index (χ0v) is 23.0. The first-order chi connectivity index (χ1) is 19.1. The number of amides is 3. The standard InChI is InChI=1S/C27H28F7N3O3S/c1-35(21-12-18(26(29,30)31)11-19(13-21)27(32,33)34)25(39)36(2)23-15-37(24(38)17-7-9-41(40)10-8-17)14-22(23)16-3-5-20(28)6-4-16/h3-6,11-13,17,22-23H,7-10,14-15H2,1-2H3/t17?,22-,23+,41?/m0/s1. The van der Waals surface area contributed by atoms with Crippen LogP contribution in [0.25, 0.3) is 0 Å². The fraction of sp³-hybridized carbons (Fsp3) is 0.481. The van der Waals surface area contributed by atoms with E-state index in [1.807, 2.05) is 0 Å². The molecule has 3 amide bonds. The van der Waals surface area contributed by atoms with E-state index in [9.17, 15) is 44.9 Å². The average Bonchev–Trinajstić information content (AvgIpc) is 3.36. The van der Waals surface area contributed by atoms with Gasteiger partial charge in [-0.25, -0.2) is 9.18 Å². The molecule has 0 N–H and O–H groups in total. The maximum atomic E-state index is 13.6. The molecule has 2 aliphatic heterocycles. The average molecular weight is 608 g/mol. The predicted octanol–water partition coefficient (Wildman–Crippen LogP) is 5.50. The molecule has 0 bridgehead atoms. The normalized spacial score (nSPS) is 23.4. The molecule has 6 nitrogen and oxygen atoms in total. The summed E-state index contributed by atoms with van der Waals surface area (Å²) in [6.45, 7) is 0.213. The summed E-state index contributed by atoms with van der Waals surface area (Å²) in [6.07, 6.45) is -9.28. The molecular formula is C27H28F7N3O3S. The van der Waals surface area contributed by atoms with Crippen LogP contribution in [0, 0.1) is 11.7 Å². The molecule has 0 aromatic heterocycles. The number of hydrogen-bond acceptors (Lipinski definition) is 3. The van der Waals surface area contributed by atoms with Crippen LogP contribution in [0.1, 0.15) is 35.4 Å². The van der Waals surface area contributed by atoms with Crippen molar-refractivity contribution in [1.29, 1.82) is 0 Å². The Kier molecular flexibility index (Phi) is 8.84. The third-order valence-corrected chi connectivity index (χ3v) is 9.06. The molecule has 0 unspecified atom stereocenters. The second-order valence-electron chi connectivity index (χ2n) is 10.3. The number of carbonyl (C=O) groups is 2. The van der Waals surface area contributed by atoms with Crippen LogP contribution < -0.4 is 4.90 Å². The van der Waals surface area contributed by atoms with Gasteiger partial charge in [-0.3, -0.25) is 9.69 Å². The minimum absolute atomic E-state index is 0.0165. The Hall–Kier alpha value is -3.00. The van der Waals surface area contributed by atoms with E-state index in [2.05, 4.69) is 0 Å². The van der Waals surface area contributed by atoms with Crippen molar-refractivity contribution in [2.24, 2.45) is 5.92 Å². The number of urea groups is 1. The molecule has 2 aromatic carbocycles. The Morgan fingerprint density at radius 3 is 1.95 bits per heavy atom. The lowest BCUT2D eigenvalue weighted by atomic mass is 9.93. The highest BCUT2D eigenvalue weighted by Crippen LogP contribution is 2.39. The lowest BCUT2D eigenvalue weighted by molar-refractivity contribution is -0.143. The maximum Gasteiger partial charge on any atom is 0.416 e. The highest BCUT2D eigenvalue weighted by atomic mass is 32.2. The van der Waals surface area contributed by atoms with Gasteiger partial charge in [-0.1, -0.05) is 23.3 Å². The Labute approximate surface area is 235 Å². The molecular weight excluding hydrogens is 579 g/mol. The Balaban J connectivity index is 1.62. The molecule has 2 atom stereocenters. The summed E-state index contributed by atoms with van der Waals surface area (Å²) in [5.74, 6) is -0.745. The van der Waals surface area contributed by atoms with Gasteiger partial charge in [0.15, 0.2) is 0 Å². The number of benzene rings is 2. The molecule has 2 heterocycles. The van der Waals surface area contributed by atoms with Crippen molar-refractivity contribution in [3.63, 3.8) is 0 Å². The lowest BCUT2D eigenvalue weighted by Crippen LogP contribution is -2.48. The summed E-state index contributed by atoms with van der Waals surface area (Å²) in [5, 5.41) is 0. The third-order valence-electron chi connectivity index (χ3n) is 7.68. The molecule has 2 aliphatic rings. The van der Waals surface area contributed by atoms with Crippen LogP contribution in [0.2, 0.25) is 0 Å². The van der Waals surface area contributed by atoms with Crippen LogP contribution in [-0.4, -0.2) is 71.0 Å². The largest absolute Gasteiger partial charge is 0.616 e. The highest BCUT2D eigenvalue weighted by molar-refractivity contribution is 7.91. The van der Waals surface area contributed by atoms with Gasteiger partial charge >= 0.3 is 18.4 Å². The summed E-state index contributed by atoms with van der Waals surface area (Å²) in [5.41, 5.74) is -3.11. The Bertz CT molecular complexity index is 1230. The molecule has 0 aliphatic carbocycles. The van der Waals surface area contributed by atoms with E-state index in [0.29, 0.717) is 46.9 Å². The summed E-state index contributed by atoms with van der Waals surface area (Å²) >= 11 is -0.982. The van der Waals surface area contributed by atoms with Crippen LogP contribution in [0.4, 0.5) is 41.2 Å². The number of halogens is 7. The molecule has 14 heteroatoms. The van der Waals surface area contributed by atoms with Crippen molar-refractivity contribution < 1.29 is 44.9 Å². The van der Waals surface area contributed by atoms with Crippen molar-refractivity contribution in [2.45, 2.75) is 37.2 Å². The number of nitrogens with zero attached hydrogens (tertiary/aromatic N) is 3. The first-order valence-electron chi connectivity index (χ1n) is 12.8. The maximum absolute atomic E-state index is 13.6. The van der Waals surface area contributed by atoms with Gasteiger partial charge in [0.25, 0.3) is 0 Å². The van der Waals surface area contributed by atoms with Crippen molar-refractivity contribution in [3.05, 3.63) is 65.0 Å². The fourth-order valence-corrected chi connectivity index (χ4v) is 6.62. The predicted molar refractivity (Wildman–Crippen MR) is 138 cm³/mol. The molecule has 0 saturated carbocycles. The molecule has 2 fully saturated rings. The molecule has 0 radical (unpaired) electrons. The first kappa shape index (κ1) is 30.9. The van der Waals surface area contributed by atoms with Crippen LogP contribution in [0.5, 0.6) is 0 Å². The lowest BCUT2D eigenvalue weighted by Gasteiger charge is -2.33. The number of alkyl halides is 6. The van der Waals surface area contributed by atoms with Gasteiger partial charge in [0.1, 0.15) is 17.3 Å². The summed E-state index contributed by atoms with van der Waals surface area (Å²) in [4.78, 5) is 30.3. The van der Waals surface area contributed by atoms with Crippen molar-refractivity contribution in [2.75, 3.05) is 43.6 Å². The topological polar surface area (TPSA) is 66.9 Å². The number of carbonyl (C=O) groups excluding carboxylic acids is 2.